The predicted molar refractivity (Wildman–Crippen MR) is 49.1 cm³/mol. The third-order valence-corrected chi connectivity index (χ3v) is 1.71. The number of hydrogen-bond acceptors (Lipinski definition) is 3. The SMILES string of the molecule is C=CN(C)N(C)CCCNC. The molecule has 0 aliphatic rings. The first kappa shape index (κ1) is 10.5. The first-order valence-corrected chi connectivity index (χ1v) is 3.93. The minimum Gasteiger partial charge on any atom is -0.320 e. The van der Waals surface area contributed by atoms with E-state index in [0.717, 1.165) is 19.5 Å². The Balaban J connectivity index is 3.35. The molecule has 0 saturated heterocycles. The van der Waals surface area contributed by atoms with Crippen molar-refractivity contribution in [2.75, 3.05) is 34.2 Å². The summed E-state index contributed by atoms with van der Waals surface area (Å²) < 4.78 is 0. The van der Waals surface area contributed by atoms with Gasteiger partial charge in [0.25, 0.3) is 0 Å². The van der Waals surface area contributed by atoms with E-state index in [9.17, 15) is 0 Å². The minimum atomic E-state index is 1.06. The molecule has 1 N–H and O–H groups in total. The molecule has 0 saturated carbocycles. The van der Waals surface area contributed by atoms with Crippen LogP contribution in [-0.4, -0.2) is 44.3 Å². The van der Waals surface area contributed by atoms with Crippen molar-refractivity contribution in [1.29, 1.82) is 0 Å². The Morgan fingerprint density at radius 2 is 2.09 bits per heavy atom. The highest BCUT2D eigenvalue weighted by Crippen LogP contribution is 1.91. The van der Waals surface area contributed by atoms with Gasteiger partial charge in [0.15, 0.2) is 0 Å². The van der Waals surface area contributed by atoms with Crippen molar-refractivity contribution in [1.82, 2.24) is 15.3 Å². The number of nitrogens with zero attached hydrogens (tertiary/aromatic N) is 2. The molecule has 11 heavy (non-hydrogen) atoms. The van der Waals surface area contributed by atoms with Crippen LogP contribution in [0.3, 0.4) is 0 Å². The summed E-state index contributed by atoms with van der Waals surface area (Å²) in [5, 5.41) is 7.22. The molecule has 0 aromatic heterocycles. The van der Waals surface area contributed by atoms with Gasteiger partial charge in [-0.05, 0) is 20.0 Å². The Labute approximate surface area is 69.6 Å². The van der Waals surface area contributed by atoms with Crippen molar-refractivity contribution < 1.29 is 0 Å². The van der Waals surface area contributed by atoms with Crippen LogP contribution in [0, 0.1) is 0 Å². The Kier molecular flexibility index (Phi) is 5.88. The van der Waals surface area contributed by atoms with E-state index in [4.69, 9.17) is 0 Å². The topological polar surface area (TPSA) is 18.5 Å². The van der Waals surface area contributed by atoms with E-state index in [1.165, 1.54) is 0 Å². The molecular formula is C8H19N3. The summed E-state index contributed by atoms with van der Waals surface area (Å²) in [6.07, 6.45) is 2.96. The molecule has 0 bridgehead atoms. The molecule has 0 unspecified atom stereocenters. The average Bonchev–Trinajstić information content (AvgIpc) is 2.03. The van der Waals surface area contributed by atoms with E-state index in [2.05, 4.69) is 24.0 Å². The zero-order valence-electron chi connectivity index (χ0n) is 7.80. The quantitative estimate of drug-likeness (QED) is 0.448. The number of hydrazine groups is 1. The molecular weight excluding hydrogens is 138 g/mol. The fourth-order valence-electron chi connectivity index (χ4n) is 0.782. The molecule has 0 radical (unpaired) electrons. The number of nitrogens with one attached hydrogen (secondary N) is 1. The van der Waals surface area contributed by atoms with Crippen molar-refractivity contribution >= 4 is 0 Å². The Morgan fingerprint density at radius 3 is 2.55 bits per heavy atom. The van der Waals surface area contributed by atoms with Crippen LogP contribution in [0.25, 0.3) is 0 Å². The maximum absolute atomic E-state index is 3.68. The molecule has 0 aliphatic carbocycles. The van der Waals surface area contributed by atoms with Crippen LogP contribution in [0.2, 0.25) is 0 Å². The molecule has 0 amide bonds. The lowest BCUT2D eigenvalue weighted by atomic mass is 10.4. The predicted octanol–water partition coefficient (Wildman–Crippen LogP) is 0.518. The molecule has 66 valence electrons. The second-order valence-corrected chi connectivity index (χ2v) is 2.59. The van der Waals surface area contributed by atoms with Gasteiger partial charge in [-0.15, -0.1) is 0 Å². The molecule has 0 aromatic carbocycles. The third-order valence-electron chi connectivity index (χ3n) is 1.71. The van der Waals surface area contributed by atoms with Gasteiger partial charge in [0.2, 0.25) is 0 Å². The van der Waals surface area contributed by atoms with Gasteiger partial charge in [0.05, 0.1) is 0 Å². The van der Waals surface area contributed by atoms with E-state index in [-0.39, 0.29) is 0 Å². The van der Waals surface area contributed by atoms with E-state index in [1.807, 2.05) is 19.1 Å². The molecule has 0 heterocycles. The Morgan fingerprint density at radius 1 is 1.45 bits per heavy atom. The van der Waals surface area contributed by atoms with Crippen LogP contribution in [-0.2, 0) is 0 Å². The maximum Gasteiger partial charge on any atom is 0.0227 e. The van der Waals surface area contributed by atoms with Gasteiger partial charge in [-0.1, -0.05) is 6.58 Å². The minimum absolute atomic E-state index is 1.06. The fraction of sp³-hybridized carbons (Fsp3) is 0.750. The number of rotatable bonds is 6. The van der Waals surface area contributed by atoms with E-state index in [1.54, 1.807) is 6.20 Å². The zero-order valence-corrected chi connectivity index (χ0v) is 7.80. The van der Waals surface area contributed by atoms with Crippen LogP contribution in [0.4, 0.5) is 0 Å². The average molecular weight is 157 g/mol. The van der Waals surface area contributed by atoms with Crippen LogP contribution in [0.15, 0.2) is 12.8 Å². The van der Waals surface area contributed by atoms with Crippen molar-refractivity contribution in [2.24, 2.45) is 0 Å². The largest absolute Gasteiger partial charge is 0.320 e. The normalized spacial score (nSPS) is 10.2. The molecule has 3 nitrogen and oxygen atoms in total. The number of hydrogen-bond donors (Lipinski definition) is 1. The second kappa shape index (κ2) is 6.19. The van der Waals surface area contributed by atoms with E-state index >= 15 is 0 Å². The van der Waals surface area contributed by atoms with Crippen molar-refractivity contribution in [3.63, 3.8) is 0 Å². The zero-order chi connectivity index (χ0) is 8.69. The standard InChI is InChI=1S/C8H19N3/c1-5-10(3)11(4)8-6-7-9-2/h5,9H,1,6-8H2,2-4H3. The van der Waals surface area contributed by atoms with Gasteiger partial charge in [-0.2, -0.15) is 0 Å². The van der Waals surface area contributed by atoms with Gasteiger partial charge in [-0.25, -0.2) is 5.01 Å². The lowest BCUT2D eigenvalue weighted by molar-refractivity contribution is 0.0795. The molecule has 0 atom stereocenters. The molecule has 0 aliphatic heterocycles. The maximum atomic E-state index is 3.68. The highest BCUT2D eigenvalue weighted by atomic mass is 15.6. The molecule has 0 spiro atoms. The summed E-state index contributed by atoms with van der Waals surface area (Å²) in [6, 6.07) is 0. The first-order valence-electron chi connectivity index (χ1n) is 3.93. The second-order valence-electron chi connectivity index (χ2n) is 2.59. The summed E-state index contributed by atoms with van der Waals surface area (Å²) in [6.45, 7) is 5.80. The van der Waals surface area contributed by atoms with Crippen molar-refractivity contribution in [3.8, 4) is 0 Å². The molecule has 0 fully saturated rings. The van der Waals surface area contributed by atoms with Crippen molar-refractivity contribution in [3.05, 3.63) is 12.8 Å². The van der Waals surface area contributed by atoms with E-state index < -0.39 is 0 Å². The molecule has 0 aromatic rings. The van der Waals surface area contributed by atoms with Gasteiger partial charge in [0.1, 0.15) is 0 Å². The smallest absolute Gasteiger partial charge is 0.0227 e. The Hall–Kier alpha value is -0.540. The van der Waals surface area contributed by atoms with Crippen LogP contribution in [0.5, 0.6) is 0 Å². The van der Waals surface area contributed by atoms with E-state index in [0.29, 0.717) is 0 Å². The van der Waals surface area contributed by atoms with Crippen LogP contribution < -0.4 is 5.32 Å². The van der Waals surface area contributed by atoms with Gasteiger partial charge < -0.3 is 10.3 Å². The van der Waals surface area contributed by atoms with Crippen molar-refractivity contribution in [2.45, 2.75) is 6.42 Å². The fourth-order valence-corrected chi connectivity index (χ4v) is 0.782. The Bertz CT molecular complexity index is 104. The van der Waals surface area contributed by atoms with Crippen LogP contribution >= 0.6 is 0 Å². The summed E-state index contributed by atoms with van der Waals surface area (Å²) in [5.74, 6) is 0. The highest BCUT2D eigenvalue weighted by molar-refractivity contribution is 4.63. The lowest BCUT2D eigenvalue weighted by Crippen LogP contribution is -2.33. The summed E-state index contributed by atoms with van der Waals surface area (Å²) >= 11 is 0. The summed E-state index contributed by atoms with van der Waals surface area (Å²) in [7, 11) is 6.01. The van der Waals surface area contributed by atoms with Crippen LogP contribution in [0.1, 0.15) is 6.42 Å². The lowest BCUT2D eigenvalue weighted by Gasteiger charge is -2.26. The first-order chi connectivity index (χ1) is 5.22. The highest BCUT2D eigenvalue weighted by Gasteiger charge is 1.98. The third kappa shape index (κ3) is 4.81. The summed E-state index contributed by atoms with van der Waals surface area (Å²) in [5.41, 5.74) is 0. The van der Waals surface area contributed by atoms with Gasteiger partial charge >= 0.3 is 0 Å². The molecule has 3 heteroatoms. The van der Waals surface area contributed by atoms with Gasteiger partial charge in [-0.3, -0.25) is 0 Å². The molecule has 0 rings (SSSR count). The monoisotopic (exact) mass is 157 g/mol. The summed E-state index contributed by atoms with van der Waals surface area (Å²) in [4.78, 5) is 0. The van der Waals surface area contributed by atoms with Gasteiger partial charge in [0, 0.05) is 26.8 Å².